The number of likely N-dealkylation sites (tertiary alicyclic amines) is 1. The Morgan fingerprint density at radius 1 is 1.30 bits per heavy atom. The third kappa shape index (κ3) is 3.68. The Kier molecular flexibility index (Phi) is 5.48. The summed E-state index contributed by atoms with van der Waals surface area (Å²) in [6.07, 6.45) is 1.86. The number of carbonyl (C=O) groups excluding carboxylic acids is 1. The molecular weight excluding hydrogens is 366 g/mol. The van der Waals surface area contributed by atoms with Gasteiger partial charge in [-0.2, -0.15) is 0 Å². The quantitative estimate of drug-likeness (QED) is 0.824. The van der Waals surface area contributed by atoms with Crippen LogP contribution in [-0.2, 0) is 16.1 Å². The van der Waals surface area contributed by atoms with Gasteiger partial charge in [0.1, 0.15) is 5.54 Å². The van der Waals surface area contributed by atoms with Crippen LogP contribution in [0.25, 0.3) is 0 Å². The van der Waals surface area contributed by atoms with Gasteiger partial charge in [-0.15, -0.1) is 0 Å². The first-order valence-electron chi connectivity index (χ1n) is 8.73. The molecule has 0 saturated carbocycles. The van der Waals surface area contributed by atoms with Gasteiger partial charge in [-0.05, 0) is 44.2 Å². The molecule has 1 aromatic carbocycles. The van der Waals surface area contributed by atoms with Crippen LogP contribution in [0.2, 0.25) is 5.02 Å². The van der Waals surface area contributed by atoms with E-state index >= 15 is 0 Å². The predicted molar refractivity (Wildman–Crippen MR) is 102 cm³/mol. The van der Waals surface area contributed by atoms with Gasteiger partial charge in [0, 0.05) is 17.3 Å². The molecule has 2 N–H and O–H groups in total. The van der Waals surface area contributed by atoms with E-state index in [1.54, 1.807) is 31.1 Å². The zero-order valence-electron chi connectivity index (χ0n) is 15.2. The molecule has 142 valence electrons. The molecule has 6 nitrogen and oxygen atoms in total. The lowest BCUT2D eigenvalue weighted by molar-refractivity contribution is -0.148. The van der Waals surface area contributed by atoms with Gasteiger partial charge in [0.25, 0.3) is 0 Å². The average molecular weight is 388 g/mol. The molecule has 0 unspecified atom stereocenters. The molecule has 1 saturated heterocycles. The second-order valence-corrected chi connectivity index (χ2v) is 7.41. The van der Waals surface area contributed by atoms with Crippen LogP contribution in [-0.4, -0.2) is 39.5 Å². The van der Waals surface area contributed by atoms with Crippen LogP contribution >= 0.6 is 11.6 Å². The summed E-state index contributed by atoms with van der Waals surface area (Å²) in [7, 11) is 1.73. The lowest BCUT2D eigenvalue weighted by Gasteiger charge is -2.32. The minimum absolute atomic E-state index is 0.197. The molecule has 1 fully saturated rings. The van der Waals surface area contributed by atoms with E-state index in [1.165, 1.54) is 0 Å². The van der Waals surface area contributed by atoms with Crippen molar-refractivity contribution in [2.24, 2.45) is 5.92 Å². The fraction of sp³-hybridized carbons (Fsp3) is 0.350. The topological polar surface area (TPSA) is 82.5 Å². The van der Waals surface area contributed by atoms with Crippen LogP contribution in [0.4, 0.5) is 0 Å². The fourth-order valence-electron chi connectivity index (χ4n) is 3.69. The largest absolute Gasteiger partial charge is 0.480 e. The summed E-state index contributed by atoms with van der Waals surface area (Å²) in [5.41, 5.74) is 0.341. The Balaban J connectivity index is 1.89. The number of nitrogens with one attached hydrogen (secondary N) is 1. The highest BCUT2D eigenvalue weighted by molar-refractivity contribution is 6.31. The van der Waals surface area contributed by atoms with Crippen molar-refractivity contribution in [2.45, 2.75) is 31.5 Å². The number of pyridine rings is 1. The molecule has 0 bridgehead atoms. The minimum atomic E-state index is -1.16. The van der Waals surface area contributed by atoms with Crippen molar-refractivity contribution in [2.75, 3.05) is 7.05 Å². The molecule has 2 heterocycles. The molecule has 7 heteroatoms. The highest BCUT2D eigenvalue weighted by Crippen LogP contribution is 2.47. The van der Waals surface area contributed by atoms with Gasteiger partial charge in [0.15, 0.2) is 0 Å². The maximum atomic E-state index is 13.0. The summed E-state index contributed by atoms with van der Waals surface area (Å²) in [6.45, 7) is 1.93. The maximum Gasteiger partial charge on any atom is 0.323 e. The normalized spacial score (nSPS) is 25.3. The summed E-state index contributed by atoms with van der Waals surface area (Å²) in [5.74, 6) is -1.70. The number of carboxylic acid groups (broad SMARTS) is 1. The van der Waals surface area contributed by atoms with Crippen LogP contribution in [0.3, 0.4) is 0 Å². The number of hydrogen-bond donors (Lipinski definition) is 2. The first-order valence-corrected chi connectivity index (χ1v) is 9.11. The highest BCUT2D eigenvalue weighted by atomic mass is 35.5. The molecule has 0 aliphatic carbocycles. The number of hydrogen-bond acceptors (Lipinski definition) is 4. The maximum absolute atomic E-state index is 13.0. The molecule has 3 rings (SSSR count). The van der Waals surface area contributed by atoms with Crippen LogP contribution in [0, 0.1) is 5.92 Å². The smallest absolute Gasteiger partial charge is 0.323 e. The van der Waals surface area contributed by atoms with E-state index in [-0.39, 0.29) is 12.3 Å². The van der Waals surface area contributed by atoms with Crippen molar-refractivity contribution in [1.29, 1.82) is 0 Å². The molecule has 0 spiro atoms. The van der Waals surface area contributed by atoms with Gasteiger partial charge >= 0.3 is 5.97 Å². The lowest BCUT2D eigenvalue weighted by Crippen LogP contribution is -2.46. The second-order valence-electron chi connectivity index (χ2n) is 7.01. The third-order valence-electron chi connectivity index (χ3n) is 5.39. The number of aromatic nitrogens is 1. The summed E-state index contributed by atoms with van der Waals surface area (Å²) in [6, 6.07) is 12.3. The van der Waals surface area contributed by atoms with E-state index in [2.05, 4.69) is 10.3 Å². The predicted octanol–water partition coefficient (Wildman–Crippen LogP) is 2.89. The number of rotatable bonds is 5. The van der Waals surface area contributed by atoms with Gasteiger partial charge in [0.05, 0.1) is 18.2 Å². The Bertz CT molecular complexity index is 845. The van der Waals surface area contributed by atoms with E-state index in [0.717, 1.165) is 11.3 Å². The van der Waals surface area contributed by atoms with Crippen LogP contribution < -0.4 is 5.32 Å². The van der Waals surface area contributed by atoms with E-state index in [9.17, 15) is 14.7 Å². The summed E-state index contributed by atoms with van der Waals surface area (Å²) >= 11 is 6.37. The number of halogens is 1. The Hall–Kier alpha value is -2.44. The van der Waals surface area contributed by atoms with E-state index in [4.69, 9.17) is 11.6 Å². The highest BCUT2D eigenvalue weighted by Gasteiger charge is 2.54. The molecule has 2 aromatic rings. The zero-order chi connectivity index (χ0) is 19.6. The molecule has 27 heavy (non-hydrogen) atoms. The van der Waals surface area contributed by atoms with Gasteiger partial charge in [-0.3, -0.25) is 19.5 Å². The van der Waals surface area contributed by atoms with Gasteiger partial charge < -0.3 is 10.4 Å². The fourth-order valence-corrected chi connectivity index (χ4v) is 3.93. The van der Waals surface area contributed by atoms with Gasteiger partial charge in [-0.1, -0.05) is 35.9 Å². The van der Waals surface area contributed by atoms with Crippen molar-refractivity contribution in [1.82, 2.24) is 15.2 Å². The number of aliphatic carboxylic acids is 1. The molecule has 1 aromatic heterocycles. The Morgan fingerprint density at radius 3 is 2.63 bits per heavy atom. The molecule has 0 radical (unpaired) electrons. The Morgan fingerprint density at radius 2 is 2.00 bits per heavy atom. The molecule has 1 aliphatic heterocycles. The van der Waals surface area contributed by atoms with Gasteiger partial charge in [-0.25, -0.2) is 0 Å². The summed E-state index contributed by atoms with van der Waals surface area (Å²) in [5, 5.41) is 13.2. The van der Waals surface area contributed by atoms with Crippen molar-refractivity contribution < 1.29 is 14.7 Å². The van der Waals surface area contributed by atoms with Crippen LogP contribution in [0.5, 0.6) is 0 Å². The number of likely N-dealkylation sites (N-methyl/N-ethyl adjacent to an activating group) is 1. The number of carbonyl (C=O) groups is 2. The summed E-state index contributed by atoms with van der Waals surface area (Å²) in [4.78, 5) is 30.8. The summed E-state index contributed by atoms with van der Waals surface area (Å²) < 4.78 is 0. The Labute approximate surface area is 163 Å². The van der Waals surface area contributed by atoms with Crippen LogP contribution in [0.15, 0.2) is 48.7 Å². The molecule has 3 atom stereocenters. The van der Waals surface area contributed by atoms with Crippen LogP contribution in [0.1, 0.15) is 30.6 Å². The van der Waals surface area contributed by atoms with Crippen molar-refractivity contribution >= 4 is 23.5 Å². The van der Waals surface area contributed by atoms with Gasteiger partial charge in [0.2, 0.25) is 5.91 Å². The molecule has 1 aliphatic rings. The second kappa shape index (κ2) is 7.66. The third-order valence-corrected chi connectivity index (χ3v) is 5.73. The zero-order valence-corrected chi connectivity index (χ0v) is 16.0. The number of nitrogens with zero attached hydrogens (tertiary/aromatic N) is 2. The molecular formula is C20H22ClN3O3. The molecule has 1 amide bonds. The number of amides is 1. The van der Waals surface area contributed by atoms with Crippen molar-refractivity contribution in [3.8, 4) is 0 Å². The SMILES string of the molecule is CN1[C@@H](c2ccccc2Cl)[C@@H](C(=O)NCc2ccccn2)C[C@@]1(C)C(=O)O. The van der Waals surface area contributed by atoms with Crippen molar-refractivity contribution in [3.05, 3.63) is 64.9 Å². The monoisotopic (exact) mass is 387 g/mol. The van der Waals surface area contributed by atoms with E-state index in [0.29, 0.717) is 11.6 Å². The number of carboxylic acids is 1. The van der Waals surface area contributed by atoms with E-state index in [1.807, 2.05) is 36.4 Å². The average Bonchev–Trinajstić information content (AvgIpc) is 2.94. The van der Waals surface area contributed by atoms with Crippen molar-refractivity contribution in [3.63, 3.8) is 0 Å². The standard InChI is InChI=1S/C20H22ClN3O3/c1-20(19(26)27)11-15(18(25)23-12-13-7-5-6-10-22-13)17(24(20)2)14-8-3-4-9-16(14)21/h3-10,15,17H,11-12H2,1-2H3,(H,23,25)(H,26,27)/t15-,17-,20-/m0/s1. The number of benzene rings is 1. The minimum Gasteiger partial charge on any atom is -0.480 e. The lowest BCUT2D eigenvalue weighted by atomic mass is 9.89. The first-order chi connectivity index (χ1) is 12.8. The van der Waals surface area contributed by atoms with E-state index < -0.39 is 23.5 Å². The first kappa shape index (κ1) is 19.3.